The molecular weight excluding hydrogens is 258 g/mol. The number of amides is 2. The van der Waals surface area contributed by atoms with Gasteiger partial charge in [-0.1, -0.05) is 12.1 Å². The molecule has 0 aliphatic carbocycles. The number of nitrogens with two attached hydrogens (primary N) is 2. The van der Waals surface area contributed by atoms with E-state index >= 15 is 0 Å². The molecule has 0 radical (unpaired) electrons. The van der Waals surface area contributed by atoms with Crippen LogP contribution in [0.5, 0.6) is 0 Å². The lowest BCUT2D eigenvalue weighted by molar-refractivity contribution is -0.118. The number of hydrogen-bond donors (Lipinski definition) is 3. The smallest absolute Gasteiger partial charge is 0.272 e. The first-order valence-electron chi connectivity index (χ1n) is 5.97. The summed E-state index contributed by atoms with van der Waals surface area (Å²) in [7, 11) is 0. The van der Waals surface area contributed by atoms with Crippen LogP contribution in [-0.2, 0) is 11.3 Å². The Hall–Kier alpha value is -2.83. The number of H-pyrrole nitrogens is 1. The van der Waals surface area contributed by atoms with Crippen LogP contribution >= 0.6 is 0 Å². The van der Waals surface area contributed by atoms with E-state index in [1.54, 1.807) is 30.3 Å². The van der Waals surface area contributed by atoms with E-state index in [1.165, 1.54) is 11.1 Å². The molecule has 0 saturated carbocycles. The molecule has 2 aromatic rings. The number of carbonyl (C=O) groups is 2. The molecule has 0 saturated heterocycles. The molecule has 2 amide bonds. The lowest BCUT2D eigenvalue weighted by Gasteiger charge is -2.20. The highest BCUT2D eigenvalue weighted by atomic mass is 16.2. The summed E-state index contributed by atoms with van der Waals surface area (Å²) in [5.41, 5.74) is 12.6. The third-order valence-electron chi connectivity index (χ3n) is 2.72. The highest BCUT2D eigenvalue weighted by Crippen LogP contribution is 2.10. The summed E-state index contributed by atoms with van der Waals surface area (Å²) in [5, 5.41) is 6.29. The van der Waals surface area contributed by atoms with Crippen LogP contribution in [0.1, 0.15) is 16.1 Å². The molecule has 0 fully saturated rings. The molecule has 0 aliphatic heterocycles. The van der Waals surface area contributed by atoms with E-state index < -0.39 is 5.91 Å². The van der Waals surface area contributed by atoms with Gasteiger partial charge in [0.25, 0.3) is 5.91 Å². The van der Waals surface area contributed by atoms with Gasteiger partial charge in [0.2, 0.25) is 5.91 Å². The Kier molecular flexibility index (Phi) is 3.99. The van der Waals surface area contributed by atoms with Crippen molar-refractivity contribution in [2.75, 3.05) is 12.3 Å². The first-order valence-corrected chi connectivity index (χ1v) is 5.97. The predicted molar refractivity (Wildman–Crippen MR) is 73.4 cm³/mol. The summed E-state index contributed by atoms with van der Waals surface area (Å²) in [6.45, 7) is 0.100. The standard InChI is InChI=1S/C13H15N5O2/c14-10-3-1-9(2-4-10)7-18(8-12(15)19)13(20)11-5-6-16-17-11/h1-6H,7-8,14H2,(H2,15,19)(H,16,17). The van der Waals surface area contributed by atoms with Gasteiger partial charge in [0.15, 0.2) is 0 Å². The van der Waals surface area contributed by atoms with Gasteiger partial charge in [-0.25, -0.2) is 0 Å². The van der Waals surface area contributed by atoms with Gasteiger partial charge in [0.05, 0.1) is 0 Å². The summed E-state index contributed by atoms with van der Waals surface area (Å²) >= 11 is 0. The quantitative estimate of drug-likeness (QED) is 0.670. The molecule has 1 heterocycles. The average molecular weight is 273 g/mol. The Labute approximate surface area is 115 Å². The second-order valence-corrected chi connectivity index (χ2v) is 4.34. The van der Waals surface area contributed by atoms with Crippen LogP contribution < -0.4 is 11.5 Å². The third-order valence-corrected chi connectivity index (χ3v) is 2.72. The Morgan fingerprint density at radius 1 is 1.20 bits per heavy atom. The fourth-order valence-electron chi connectivity index (χ4n) is 1.78. The van der Waals surface area contributed by atoms with Crippen molar-refractivity contribution in [1.82, 2.24) is 15.1 Å². The molecule has 1 aromatic heterocycles. The number of nitrogens with zero attached hydrogens (tertiary/aromatic N) is 2. The molecule has 1 aromatic carbocycles. The first-order chi connectivity index (χ1) is 9.56. The maximum absolute atomic E-state index is 12.2. The van der Waals surface area contributed by atoms with E-state index in [0.717, 1.165) is 5.56 Å². The van der Waals surface area contributed by atoms with Gasteiger partial charge in [-0.15, -0.1) is 0 Å². The van der Waals surface area contributed by atoms with E-state index in [-0.39, 0.29) is 19.0 Å². The van der Waals surface area contributed by atoms with Crippen molar-refractivity contribution in [2.45, 2.75) is 6.54 Å². The van der Waals surface area contributed by atoms with Crippen molar-refractivity contribution >= 4 is 17.5 Å². The Morgan fingerprint density at radius 3 is 2.45 bits per heavy atom. The van der Waals surface area contributed by atoms with Crippen molar-refractivity contribution in [2.24, 2.45) is 5.73 Å². The van der Waals surface area contributed by atoms with Crippen molar-refractivity contribution in [3.63, 3.8) is 0 Å². The van der Waals surface area contributed by atoms with Crippen LogP contribution in [0.2, 0.25) is 0 Å². The Balaban J connectivity index is 2.17. The molecular formula is C13H15N5O2. The lowest BCUT2D eigenvalue weighted by atomic mass is 10.2. The van der Waals surface area contributed by atoms with Crippen molar-refractivity contribution in [3.05, 3.63) is 47.8 Å². The van der Waals surface area contributed by atoms with Gasteiger partial charge >= 0.3 is 0 Å². The molecule has 0 aliphatic rings. The Morgan fingerprint density at radius 2 is 1.90 bits per heavy atom. The fourth-order valence-corrected chi connectivity index (χ4v) is 1.78. The van der Waals surface area contributed by atoms with Crippen LogP contribution in [-0.4, -0.2) is 33.5 Å². The van der Waals surface area contributed by atoms with Crippen molar-refractivity contribution < 1.29 is 9.59 Å². The van der Waals surface area contributed by atoms with E-state index in [9.17, 15) is 9.59 Å². The molecule has 5 N–H and O–H groups in total. The van der Waals surface area contributed by atoms with Gasteiger partial charge in [-0.3, -0.25) is 14.7 Å². The lowest BCUT2D eigenvalue weighted by Crippen LogP contribution is -2.38. The number of nitrogen functional groups attached to an aromatic ring is 1. The second-order valence-electron chi connectivity index (χ2n) is 4.34. The van der Waals surface area contributed by atoms with Gasteiger partial charge in [-0.05, 0) is 23.8 Å². The Bertz CT molecular complexity index is 592. The summed E-state index contributed by atoms with van der Waals surface area (Å²) in [5.74, 6) is -0.911. The second kappa shape index (κ2) is 5.87. The van der Waals surface area contributed by atoms with Gasteiger partial charge in [0, 0.05) is 18.4 Å². The van der Waals surface area contributed by atoms with Crippen molar-refractivity contribution in [1.29, 1.82) is 0 Å². The van der Waals surface area contributed by atoms with Gasteiger partial charge < -0.3 is 16.4 Å². The minimum atomic E-state index is -0.576. The summed E-state index contributed by atoms with van der Waals surface area (Å²) < 4.78 is 0. The molecule has 2 rings (SSSR count). The number of rotatable bonds is 5. The molecule has 7 nitrogen and oxygen atoms in total. The summed E-state index contributed by atoms with van der Waals surface area (Å²) in [4.78, 5) is 24.7. The first kappa shape index (κ1) is 13.6. The van der Waals surface area contributed by atoms with E-state index in [0.29, 0.717) is 11.4 Å². The number of benzene rings is 1. The molecule has 0 spiro atoms. The zero-order valence-corrected chi connectivity index (χ0v) is 10.7. The number of primary amides is 1. The maximum atomic E-state index is 12.2. The highest BCUT2D eigenvalue weighted by Gasteiger charge is 2.19. The van der Waals surface area contributed by atoms with Crippen LogP contribution in [0.3, 0.4) is 0 Å². The van der Waals surface area contributed by atoms with Gasteiger partial charge in [0.1, 0.15) is 12.2 Å². The largest absolute Gasteiger partial charge is 0.399 e. The van der Waals surface area contributed by atoms with Crippen molar-refractivity contribution in [3.8, 4) is 0 Å². The van der Waals surface area contributed by atoms with Crippen LogP contribution in [0, 0.1) is 0 Å². The van der Waals surface area contributed by atoms with Gasteiger partial charge in [-0.2, -0.15) is 5.10 Å². The number of anilines is 1. The summed E-state index contributed by atoms with van der Waals surface area (Å²) in [6.07, 6.45) is 1.47. The average Bonchev–Trinajstić information content (AvgIpc) is 2.93. The SMILES string of the molecule is NC(=O)CN(Cc1ccc(N)cc1)C(=O)c1ccn[nH]1. The highest BCUT2D eigenvalue weighted by molar-refractivity contribution is 5.94. The molecule has 0 atom stereocenters. The minimum Gasteiger partial charge on any atom is -0.399 e. The normalized spacial score (nSPS) is 10.2. The van der Waals surface area contributed by atoms with Crippen LogP contribution in [0.4, 0.5) is 5.69 Å². The minimum absolute atomic E-state index is 0.164. The summed E-state index contributed by atoms with van der Waals surface area (Å²) in [6, 6.07) is 8.60. The zero-order chi connectivity index (χ0) is 14.5. The molecule has 0 unspecified atom stereocenters. The third kappa shape index (κ3) is 3.35. The van der Waals surface area contributed by atoms with E-state index in [1.807, 2.05) is 0 Å². The monoisotopic (exact) mass is 273 g/mol. The number of hydrogen-bond acceptors (Lipinski definition) is 4. The number of aromatic nitrogens is 2. The number of carbonyl (C=O) groups excluding carboxylic acids is 2. The maximum Gasteiger partial charge on any atom is 0.272 e. The fraction of sp³-hybridized carbons (Fsp3) is 0.154. The number of aromatic amines is 1. The molecule has 7 heteroatoms. The van der Waals surface area contributed by atoms with Crippen LogP contribution in [0.25, 0.3) is 0 Å². The predicted octanol–water partition coefficient (Wildman–Crippen LogP) is 0.120. The molecule has 0 bridgehead atoms. The molecule has 104 valence electrons. The van der Waals surface area contributed by atoms with E-state index in [4.69, 9.17) is 11.5 Å². The number of nitrogens with one attached hydrogen (secondary N) is 1. The van der Waals surface area contributed by atoms with Crippen LogP contribution in [0.15, 0.2) is 36.5 Å². The topological polar surface area (TPSA) is 118 Å². The molecule has 20 heavy (non-hydrogen) atoms. The zero-order valence-electron chi connectivity index (χ0n) is 10.7. The van der Waals surface area contributed by atoms with E-state index in [2.05, 4.69) is 10.2 Å².